The smallest absolute Gasteiger partial charge is 0.136 e. The molecule has 0 saturated heterocycles. The lowest BCUT2D eigenvalue weighted by atomic mass is 9.81. The molecule has 2 heteroatoms. The molecule has 268 valence electrons. The quantitative estimate of drug-likeness (QED) is 0.176. The first-order chi connectivity index (χ1) is 27.3. The van der Waals surface area contributed by atoms with Crippen LogP contribution < -0.4 is 4.90 Å². The second-order valence-electron chi connectivity index (χ2n) is 16.5. The lowest BCUT2D eigenvalue weighted by Crippen LogP contribution is -2.16. The van der Waals surface area contributed by atoms with E-state index in [1.807, 2.05) is 12.1 Å². The Hall–Kier alpha value is -6.64. The van der Waals surface area contributed by atoms with E-state index in [-0.39, 0.29) is 10.8 Å². The van der Waals surface area contributed by atoms with E-state index in [1.54, 1.807) is 0 Å². The molecule has 0 N–H and O–H groups in total. The Labute approximate surface area is 328 Å². The van der Waals surface area contributed by atoms with Gasteiger partial charge in [-0.15, -0.1) is 0 Å². The number of benzene rings is 8. The zero-order valence-corrected chi connectivity index (χ0v) is 32.1. The number of nitrogens with zero attached hydrogens (tertiary/aromatic N) is 1. The molecule has 2 nitrogen and oxygen atoms in total. The molecule has 56 heavy (non-hydrogen) atoms. The maximum absolute atomic E-state index is 6.41. The van der Waals surface area contributed by atoms with Crippen molar-refractivity contribution in [1.82, 2.24) is 0 Å². The Kier molecular flexibility index (Phi) is 6.98. The molecule has 11 rings (SSSR count). The lowest BCUT2D eigenvalue weighted by Gasteiger charge is -2.30. The van der Waals surface area contributed by atoms with E-state index in [0.29, 0.717) is 0 Å². The van der Waals surface area contributed by atoms with Crippen molar-refractivity contribution in [2.45, 2.75) is 38.5 Å². The van der Waals surface area contributed by atoms with Crippen LogP contribution in [0.1, 0.15) is 49.9 Å². The SMILES string of the molecule is CC1(C)c2ccccc2-c2ccc(-c3ccc(N(c4ccccc4-c4ccc5c(c4)oc4ccccc45)c4cccc5c4-c4ccccc4C5(C)C)cc3)cc21. The van der Waals surface area contributed by atoms with E-state index in [0.717, 1.165) is 44.4 Å². The van der Waals surface area contributed by atoms with E-state index in [2.05, 4.69) is 196 Å². The molecule has 0 fully saturated rings. The number of hydrogen-bond donors (Lipinski definition) is 0. The van der Waals surface area contributed by atoms with Gasteiger partial charge >= 0.3 is 0 Å². The van der Waals surface area contributed by atoms with Crippen LogP contribution in [0.25, 0.3) is 66.4 Å². The van der Waals surface area contributed by atoms with Crippen LogP contribution in [-0.2, 0) is 10.8 Å². The summed E-state index contributed by atoms with van der Waals surface area (Å²) in [6, 6.07) is 64.6. The monoisotopic (exact) mass is 719 g/mol. The first-order valence-corrected chi connectivity index (χ1v) is 19.7. The topological polar surface area (TPSA) is 16.4 Å². The number of anilines is 3. The average Bonchev–Trinajstić information content (AvgIpc) is 3.81. The van der Waals surface area contributed by atoms with Crippen LogP contribution in [0, 0.1) is 0 Å². The van der Waals surface area contributed by atoms with Gasteiger partial charge in [-0.1, -0.05) is 155 Å². The second kappa shape index (κ2) is 11.9. The van der Waals surface area contributed by atoms with Gasteiger partial charge in [-0.25, -0.2) is 0 Å². The molecule has 0 saturated carbocycles. The van der Waals surface area contributed by atoms with Crippen LogP contribution in [0.5, 0.6) is 0 Å². The Morgan fingerprint density at radius 2 is 0.946 bits per heavy atom. The van der Waals surface area contributed by atoms with Crippen molar-refractivity contribution in [1.29, 1.82) is 0 Å². The minimum Gasteiger partial charge on any atom is -0.456 e. The Morgan fingerprint density at radius 1 is 0.375 bits per heavy atom. The van der Waals surface area contributed by atoms with Crippen LogP contribution in [0.15, 0.2) is 180 Å². The van der Waals surface area contributed by atoms with Crippen LogP contribution >= 0.6 is 0 Å². The Balaban J connectivity index is 1.09. The fourth-order valence-corrected chi connectivity index (χ4v) is 9.82. The zero-order valence-electron chi connectivity index (χ0n) is 32.1. The zero-order chi connectivity index (χ0) is 37.8. The van der Waals surface area contributed by atoms with Crippen molar-refractivity contribution in [3.8, 4) is 44.5 Å². The van der Waals surface area contributed by atoms with E-state index in [4.69, 9.17) is 4.42 Å². The maximum Gasteiger partial charge on any atom is 0.136 e. The first-order valence-electron chi connectivity index (χ1n) is 19.7. The fourth-order valence-electron chi connectivity index (χ4n) is 9.82. The molecule has 1 heterocycles. The van der Waals surface area contributed by atoms with Crippen molar-refractivity contribution < 1.29 is 4.42 Å². The molecule has 0 aliphatic heterocycles. The summed E-state index contributed by atoms with van der Waals surface area (Å²) in [6.07, 6.45) is 0. The van der Waals surface area contributed by atoms with Gasteiger partial charge in [0.2, 0.25) is 0 Å². The molecule has 1 aromatic heterocycles. The van der Waals surface area contributed by atoms with Crippen LogP contribution in [0.3, 0.4) is 0 Å². The van der Waals surface area contributed by atoms with Crippen LogP contribution in [-0.4, -0.2) is 0 Å². The van der Waals surface area contributed by atoms with E-state index >= 15 is 0 Å². The number of rotatable bonds is 5. The number of fused-ring (bicyclic) bond motifs is 9. The van der Waals surface area contributed by atoms with Gasteiger partial charge in [0.05, 0.1) is 11.4 Å². The van der Waals surface area contributed by atoms with Crippen molar-refractivity contribution in [3.63, 3.8) is 0 Å². The highest BCUT2D eigenvalue weighted by atomic mass is 16.3. The summed E-state index contributed by atoms with van der Waals surface area (Å²) in [5.74, 6) is 0. The van der Waals surface area contributed by atoms with Gasteiger partial charge < -0.3 is 9.32 Å². The summed E-state index contributed by atoms with van der Waals surface area (Å²) in [5, 5.41) is 2.27. The van der Waals surface area contributed by atoms with Gasteiger partial charge in [-0.2, -0.15) is 0 Å². The van der Waals surface area contributed by atoms with Gasteiger partial charge in [0, 0.05) is 38.4 Å². The van der Waals surface area contributed by atoms with Crippen molar-refractivity contribution in [2.24, 2.45) is 0 Å². The second-order valence-corrected chi connectivity index (χ2v) is 16.5. The van der Waals surface area contributed by atoms with E-state index in [9.17, 15) is 0 Å². The van der Waals surface area contributed by atoms with Crippen molar-refractivity contribution in [2.75, 3.05) is 4.90 Å². The molecule has 2 aliphatic carbocycles. The summed E-state index contributed by atoms with van der Waals surface area (Å²) in [6.45, 7) is 9.41. The summed E-state index contributed by atoms with van der Waals surface area (Å²) in [7, 11) is 0. The Morgan fingerprint density at radius 3 is 1.77 bits per heavy atom. The molecular weight excluding hydrogens is 679 g/mol. The third kappa shape index (κ3) is 4.69. The fraction of sp³-hybridized carbons (Fsp3) is 0.111. The maximum atomic E-state index is 6.41. The minimum absolute atomic E-state index is 0.0501. The van der Waals surface area contributed by atoms with Gasteiger partial charge in [0.15, 0.2) is 0 Å². The molecular formula is C54H41NO. The van der Waals surface area contributed by atoms with Gasteiger partial charge in [-0.3, -0.25) is 0 Å². The lowest BCUT2D eigenvalue weighted by molar-refractivity contribution is 0.660. The highest BCUT2D eigenvalue weighted by molar-refractivity contribution is 6.06. The Bertz CT molecular complexity index is 3030. The van der Waals surface area contributed by atoms with Gasteiger partial charge in [0.1, 0.15) is 11.2 Å². The summed E-state index contributed by atoms with van der Waals surface area (Å²) in [4.78, 5) is 2.47. The van der Waals surface area contributed by atoms with Crippen molar-refractivity contribution in [3.05, 3.63) is 198 Å². The molecule has 8 aromatic carbocycles. The average molecular weight is 720 g/mol. The van der Waals surface area contributed by atoms with Crippen LogP contribution in [0.2, 0.25) is 0 Å². The minimum atomic E-state index is -0.121. The largest absolute Gasteiger partial charge is 0.456 e. The standard InChI is InChI=1S/C54H41NO/c1-53(2)45-19-10-6-17-43(45)52-46(53)20-13-22-49(52)55(48-21-11-7-14-38(48)36-27-31-42-41-16-8-12-23-50(41)56-51(42)33-36)37-28-24-34(25-29-37)35-26-30-40-39-15-5-9-18-44(39)54(3,4)47(40)32-35/h5-33H,1-4H3. The normalized spacial score (nSPS) is 14.4. The molecule has 0 spiro atoms. The van der Waals surface area contributed by atoms with Gasteiger partial charge in [-0.05, 0) is 104 Å². The molecule has 0 bridgehead atoms. The molecule has 0 radical (unpaired) electrons. The van der Waals surface area contributed by atoms with Gasteiger partial charge in [0.25, 0.3) is 0 Å². The number of para-hydroxylation sites is 2. The summed E-state index contributed by atoms with van der Waals surface area (Å²) < 4.78 is 6.41. The summed E-state index contributed by atoms with van der Waals surface area (Å²) in [5.41, 5.74) is 20.5. The summed E-state index contributed by atoms with van der Waals surface area (Å²) >= 11 is 0. The van der Waals surface area contributed by atoms with E-state index in [1.165, 1.54) is 61.3 Å². The molecule has 0 atom stereocenters. The number of hydrogen-bond acceptors (Lipinski definition) is 2. The first kappa shape index (κ1) is 32.8. The third-order valence-electron chi connectivity index (χ3n) is 12.7. The number of furan rings is 1. The van der Waals surface area contributed by atoms with E-state index < -0.39 is 0 Å². The molecule has 0 unspecified atom stereocenters. The molecule has 9 aromatic rings. The highest BCUT2D eigenvalue weighted by Crippen LogP contribution is 2.55. The predicted octanol–water partition coefficient (Wildman–Crippen LogP) is 15.0. The predicted molar refractivity (Wildman–Crippen MR) is 234 cm³/mol. The third-order valence-corrected chi connectivity index (χ3v) is 12.7. The van der Waals surface area contributed by atoms with Crippen molar-refractivity contribution >= 4 is 39.0 Å². The molecule has 0 amide bonds. The van der Waals surface area contributed by atoms with Crippen LogP contribution in [0.4, 0.5) is 17.1 Å². The highest BCUT2D eigenvalue weighted by Gasteiger charge is 2.38. The molecule has 2 aliphatic rings.